The third-order valence-electron chi connectivity index (χ3n) is 2.76. The summed E-state index contributed by atoms with van der Waals surface area (Å²) in [6, 6.07) is 9.22. The van der Waals surface area contributed by atoms with Gasteiger partial charge in [-0.1, -0.05) is 24.3 Å². The van der Waals surface area contributed by atoms with E-state index in [1.165, 1.54) is 36.4 Å². The van der Waals surface area contributed by atoms with Crippen LogP contribution in [0.4, 0.5) is 10.1 Å². The number of carbonyl (C=O) groups is 1. The van der Waals surface area contributed by atoms with Crippen LogP contribution in [0.2, 0.25) is 0 Å². The zero-order chi connectivity index (χ0) is 15.4. The van der Waals surface area contributed by atoms with Crippen LogP contribution in [-0.4, -0.2) is 15.8 Å². The zero-order valence-electron chi connectivity index (χ0n) is 10.7. The van der Waals surface area contributed by atoms with E-state index in [1.54, 1.807) is 0 Å². The van der Waals surface area contributed by atoms with Gasteiger partial charge in [-0.3, -0.25) is 14.9 Å². The van der Waals surface area contributed by atoms with E-state index >= 15 is 0 Å². The minimum absolute atomic E-state index is 0.0815. The van der Waals surface area contributed by atoms with Crippen LogP contribution in [0, 0.1) is 15.9 Å². The van der Waals surface area contributed by atoms with Gasteiger partial charge in [-0.05, 0) is 29.8 Å². The Bertz CT molecular complexity index is 740. The molecule has 6 heteroatoms. The van der Waals surface area contributed by atoms with Crippen LogP contribution in [0.5, 0.6) is 5.75 Å². The Morgan fingerprint density at radius 3 is 2.62 bits per heavy atom. The second-order valence-corrected chi connectivity index (χ2v) is 4.18. The summed E-state index contributed by atoms with van der Waals surface area (Å²) < 4.78 is 13.4. The molecule has 0 saturated heterocycles. The van der Waals surface area contributed by atoms with E-state index in [1.807, 2.05) is 0 Å². The van der Waals surface area contributed by atoms with Crippen molar-refractivity contribution in [1.29, 1.82) is 0 Å². The number of aromatic hydroxyl groups is 1. The van der Waals surface area contributed by atoms with Gasteiger partial charge in [-0.2, -0.15) is 0 Å². The molecule has 0 aromatic heterocycles. The molecule has 0 spiro atoms. The number of nitro benzene ring substituents is 1. The molecule has 0 atom stereocenters. The lowest BCUT2D eigenvalue weighted by atomic mass is 10.1. The van der Waals surface area contributed by atoms with E-state index in [2.05, 4.69) is 0 Å². The molecule has 0 unspecified atom stereocenters. The van der Waals surface area contributed by atoms with Crippen molar-refractivity contribution in [1.82, 2.24) is 0 Å². The van der Waals surface area contributed by atoms with Gasteiger partial charge in [0.05, 0.1) is 10.5 Å². The van der Waals surface area contributed by atoms with Crippen molar-refractivity contribution in [2.75, 3.05) is 0 Å². The van der Waals surface area contributed by atoms with E-state index < -0.39 is 28.0 Å². The van der Waals surface area contributed by atoms with Gasteiger partial charge < -0.3 is 5.11 Å². The fourth-order valence-electron chi connectivity index (χ4n) is 1.71. The third-order valence-corrected chi connectivity index (χ3v) is 2.76. The van der Waals surface area contributed by atoms with Crippen molar-refractivity contribution < 1.29 is 19.2 Å². The first-order valence-corrected chi connectivity index (χ1v) is 5.93. The Balaban J connectivity index is 2.26. The monoisotopic (exact) mass is 287 g/mol. The second-order valence-electron chi connectivity index (χ2n) is 4.18. The molecule has 0 heterocycles. The Hall–Kier alpha value is -3.02. The average molecular weight is 287 g/mol. The van der Waals surface area contributed by atoms with Gasteiger partial charge in [0.2, 0.25) is 0 Å². The molecule has 5 nitrogen and oxygen atoms in total. The highest BCUT2D eigenvalue weighted by Crippen LogP contribution is 2.26. The van der Waals surface area contributed by atoms with E-state index in [4.69, 9.17) is 0 Å². The first-order valence-electron chi connectivity index (χ1n) is 5.93. The summed E-state index contributed by atoms with van der Waals surface area (Å²) >= 11 is 0. The van der Waals surface area contributed by atoms with Crippen LogP contribution >= 0.6 is 0 Å². The number of rotatable bonds is 4. The van der Waals surface area contributed by atoms with Crippen LogP contribution in [0.1, 0.15) is 15.9 Å². The molecule has 21 heavy (non-hydrogen) atoms. The molecule has 0 amide bonds. The smallest absolute Gasteiger partial charge is 0.311 e. The first-order chi connectivity index (χ1) is 9.99. The molecule has 0 bridgehead atoms. The van der Waals surface area contributed by atoms with E-state index in [0.29, 0.717) is 5.56 Å². The summed E-state index contributed by atoms with van der Waals surface area (Å²) in [7, 11) is 0. The third kappa shape index (κ3) is 3.30. The summed E-state index contributed by atoms with van der Waals surface area (Å²) in [6.45, 7) is 0. The first kappa shape index (κ1) is 14.4. The minimum atomic E-state index is -0.731. The number of ketones is 1. The quantitative estimate of drug-likeness (QED) is 0.405. The number of hydrogen-bond acceptors (Lipinski definition) is 4. The van der Waals surface area contributed by atoms with E-state index in [0.717, 1.165) is 18.2 Å². The van der Waals surface area contributed by atoms with Crippen molar-refractivity contribution in [3.05, 3.63) is 75.6 Å². The number of nitro groups is 1. The summed E-state index contributed by atoms with van der Waals surface area (Å²) in [5.41, 5.74) is -0.193. The van der Waals surface area contributed by atoms with Gasteiger partial charge in [0, 0.05) is 6.07 Å². The summed E-state index contributed by atoms with van der Waals surface area (Å²) in [5.74, 6) is -1.65. The van der Waals surface area contributed by atoms with Crippen LogP contribution < -0.4 is 0 Å². The normalized spacial score (nSPS) is 10.7. The molecule has 2 aromatic carbocycles. The molecule has 106 valence electrons. The van der Waals surface area contributed by atoms with Gasteiger partial charge in [0.15, 0.2) is 11.5 Å². The van der Waals surface area contributed by atoms with Crippen molar-refractivity contribution in [3.63, 3.8) is 0 Å². The highest BCUT2D eigenvalue weighted by atomic mass is 19.1. The molecule has 0 fully saturated rings. The number of halogens is 1. The van der Waals surface area contributed by atoms with Gasteiger partial charge in [0.25, 0.3) is 0 Å². The Morgan fingerprint density at radius 2 is 1.95 bits per heavy atom. The number of hydrogen-bond donors (Lipinski definition) is 1. The predicted molar refractivity (Wildman–Crippen MR) is 74.5 cm³/mol. The minimum Gasteiger partial charge on any atom is -0.502 e. The summed E-state index contributed by atoms with van der Waals surface area (Å²) in [5, 5.41) is 20.0. The fraction of sp³-hybridized carbons (Fsp3) is 0. The van der Waals surface area contributed by atoms with Crippen molar-refractivity contribution >= 4 is 17.5 Å². The summed E-state index contributed by atoms with van der Waals surface area (Å²) in [4.78, 5) is 21.8. The largest absolute Gasteiger partial charge is 0.502 e. The molecule has 0 radical (unpaired) electrons. The maximum absolute atomic E-state index is 13.4. The molecular weight excluding hydrogens is 277 g/mol. The average Bonchev–Trinajstić information content (AvgIpc) is 2.46. The lowest BCUT2D eigenvalue weighted by Crippen LogP contribution is -1.97. The predicted octanol–water partition coefficient (Wildman–Crippen LogP) is 3.34. The molecular formula is C15H10FNO4. The molecule has 0 aliphatic rings. The number of allylic oxidation sites excluding steroid dienone is 1. The van der Waals surface area contributed by atoms with Crippen molar-refractivity contribution in [2.45, 2.75) is 0 Å². The SMILES string of the molecule is O=C(/C=C/c1ccc(O)c([N+](=O)[O-])c1)c1ccccc1F. The number of phenols is 1. The topological polar surface area (TPSA) is 80.4 Å². The van der Waals surface area contributed by atoms with Crippen molar-refractivity contribution in [3.8, 4) is 5.75 Å². The van der Waals surface area contributed by atoms with Crippen molar-refractivity contribution in [2.24, 2.45) is 0 Å². The Kier molecular flexibility index (Phi) is 4.08. The lowest BCUT2D eigenvalue weighted by Gasteiger charge is -1.99. The van der Waals surface area contributed by atoms with Gasteiger partial charge in [0.1, 0.15) is 5.82 Å². The molecule has 1 N–H and O–H groups in total. The maximum Gasteiger partial charge on any atom is 0.311 e. The zero-order valence-corrected chi connectivity index (χ0v) is 10.7. The van der Waals surface area contributed by atoms with Crippen LogP contribution in [0.25, 0.3) is 6.08 Å². The molecule has 0 aliphatic carbocycles. The second kappa shape index (κ2) is 5.96. The Morgan fingerprint density at radius 1 is 1.24 bits per heavy atom. The van der Waals surface area contributed by atoms with Gasteiger partial charge >= 0.3 is 5.69 Å². The van der Waals surface area contributed by atoms with Gasteiger partial charge in [-0.15, -0.1) is 0 Å². The van der Waals surface area contributed by atoms with Crippen LogP contribution in [0.15, 0.2) is 48.5 Å². The lowest BCUT2D eigenvalue weighted by molar-refractivity contribution is -0.385. The number of nitrogens with zero attached hydrogens (tertiary/aromatic N) is 1. The van der Waals surface area contributed by atoms with E-state index in [9.17, 15) is 24.4 Å². The number of benzene rings is 2. The molecule has 2 rings (SSSR count). The highest BCUT2D eigenvalue weighted by Gasteiger charge is 2.13. The number of phenolic OH excluding ortho intramolecular Hbond substituents is 1. The van der Waals surface area contributed by atoms with Crippen LogP contribution in [0.3, 0.4) is 0 Å². The fourth-order valence-corrected chi connectivity index (χ4v) is 1.71. The van der Waals surface area contributed by atoms with Crippen LogP contribution in [-0.2, 0) is 0 Å². The molecule has 0 saturated carbocycles. The van der Waals surface area contributed by atoms with Gasteiger partial charge in [-0.25, -0.2) is 4.39 Å². The molecule has 0 aliphatic heterocycles. The standard InChI is InChI=1S/C15H10FNO4/c16-12-4-2-1-3-11(12)14(18)7-5-10-6-8-15(19)13(9-10)17(20)21/h1-9,19H/b7-5+. The van der Waals surface area contributed by atoms with E-state index in [-0.39, 0.29) is 5.56 Å². The highest BCUT2D eigenvalue weighted by molar-refractivity contribution is 6.07. The number of carbonyl (C=O) groups excluding carboxylic acids is 1. The summed E-state index contributed by atoms with van der Waals surface area (Å²) in [6.07, 6.45) is 2.44. The maximum atomic E-state index is 13.4. The Labute approximate surface area is 119 Å². The molecule has 2 aromatic rings.